The number of amides is 2. The Morgan fingerprint density at radius 3 is 2.57 bits per heavy atom. The third kappa shape index (κ3) is 7.62. The normalized spacial score (nSPS) is 24.5. The van der Waals surface area contributed by atoms with Crippen molar-refractivity contribution in [1.29, 1.82) is 0 Å². The highest BCUT2D eigenvalue weighted by Crippen LogP contribution is 2.37. The lowest BCUT2D eigenvalue weighted by atomic mass is 9.76. The predicted octanol–water partition coefficient (Wildman–Crippen LogP) is 2.92. The Morgan fingerprint density at radius 2 is 1.97 bits per heavy atom. The van der Waals surface area contributed by atoms with Crippen LogP contribution >= 0.6 is 0 Å². The summed E-state index contributed by atoms with van der Waals surface area (Å²) in [7, 11) is 1.58. The number of carbonyl (C=O) groups excluding carboxylic acids is 2. The first kappa shape index (κ1) is 28.8. The van der Waals surface area contributed by atoms with E-state index in [0.717, 1.165) is 36.6 Å². The van der Waals surface area contributed by atoms with Crippen molar-refractivity contribution in [2.45, 2.75) is 69.6 Å². The highest BCUT2D eigenvalue weighted by atomic mass is 19.4. The molecule has 0 bridgehead atoms. The van der Waals surface area contributed by atoms with Gasteiger partial charge in [0, 0.05) is 38.0 Å². The zero-order chi connectivity index (χ0) is 27.2. The van der Waals surface area contributed by atoms with Gasteiger partial charge < -0.3 is 20.5 Å². The summed E-state index contributed by atoms with van der Waals surface area (Å²) in [5.41, 5.74) is -1.21. The van der Waals surface area contributed by atoms with E-state index in [1.165, 1.54) is 6.07 Å². The first-order valence-corrected chi connectivity index (χ1v) is 12.4. The number of aliphatic imine (C=N–C) groups is 1. The van der Waals surface area contributed by atoms with Crippen LogP contribution in [0.5, 0.6) is 0 Å². The van der Waals surface area contributed by atoms with Gasteiger partial charge in [-0.15, -0.1) is 0 Å². The molecule has 1 aliphatic carbocycles. The summed E-state index contributed by atoms with van der Waals surface area (Å²) in [6.45, 7) is 4.72. The van der Waals surface area contributed by atoms with Gasteiger partial charge in [0.15, 0.2) is 0 Å². The molecule has 1 saturated heterocycles. The zero-order valence-corrected chi connectivity index (χ0v) is 21.3. The van der Waals surface area contributed by atoms with Crippen LogP contribution in [0.1, 0.15) is 55.5 Å². The number of hydrogen-bond acceptors (Lipinski definition) is 6. The van der Waals surface area contributed by atoms with Crippen molar-refractivity contribution in [2.24, 2.45) is 4.99 Å². The number of halogens is 3. The molecule has 0 radical (unpaired) electrons. The average Bonchev–Trinajstić information content (AvgIpc) is 2.85. The van der Waals surface area contributed by atoms with Crippen LogP contribution in [-0.4, -0.2) is 78.7 Å². The first-order chi connectivity index (χ1) is 17.4. The second kappa shape index (κ2) is 12.2. The summed E-state index contributed by atoms with van der Waals surface area (Å²) in [4.78, 5) is 31.0. The predicted molar refractivity (Wildman–Crippen MR) is 133 cm³/mol. The van der Waals surface area contributed by atoms with Gasteiger partial charge in [0.25, 0.3) is 5.91 Å². The number of ether oxygens (including phenoxy) is 1. The molecular weight excluding hydrogens is 489 g/mol. The van der Waals surface area contributed by atoms with Crippen molar-refractivity contribution < 1.29 is 32.6 Å². The molecule has 37 heavy (non-hydrogen) atoms. The minimum absolute atomic E-state index is 0.0625. The summed E-state index contributed by atoms with van der Waals surface area (Å²) in [5, 5.41) is 16.4. The highest BCUT2D eigenvalue weighted by Gasteiger charge is 2.41. The molecule has 11 heteroatoms. The molecule has 1 heterocycles. The van der Waals surface area contributed by atoms with E-state index < -0.39 is 29.2 Å². The van der Waals surface area contributed by atoms with Crippen LogP contribution in [0.3, 0.4) is 0 Å². The van der Waals surface area contributed by atoms with Crippen molar-refractivity contribution in [3.05, 3.63) is 47.0 Å². The maximum atomic E-state index is 12.8. The number of likely N-dealkylation sites (tertiary alicyclic amines) is 1. The SMILES string of the molecule is C/C=C(\C=N/C(C)OC)[C@]1(O)CC[C@H](N2CC(NC(=O)CNC(=O)c3cccc(C(F)(F)F)c3)C2)CC1. The van der Waals surface area contributed by atoms with Crippen molar-refractivity contribution in [3.63, 3.8) is 0 Å². The number of nitrogens with zero attached hydrogens (tertiary/aromatic N) is 2. The highest BCUT2D eigenvalue weighted by molar-refractivity contribution is 5.96. The molecule has 1 aliphatic heterocycles. The Kier molecular flexibility index (Phi) is 9.49. The Balaban J connectivity index is 1.39. The minimum Gasteiger partial charge on any atom is -0.385 e. The fourth-order valence-electron chi connectivity index (χ4n) is 4.72. The number of alkyl halides is 3. The number of hydrogen-bond donors (Lipinski definition) is 3. The molecule has 8 nitrogen and oxygen atoms in total. The summed E-state index contributed by atoms with van der Waals surface area (Å²) < 4.78 is 43.6. The number of benzene rings is 1. The molecule has 1 aromatic rings. The molecule has 0 aromatic heterocycles. The van der Waals surface area contributed by atoms with Gasteiger partial charge in [-0.1, -0.05) is 12.1 Å². The monoisotopic (exact) mass is 524 g/mol. The number of methoxy groups -OCH3 is 1. The molecule has 2 fully saturated rings. The molecule has 1 aromatic carbocycles. The van der Waals surface area contributed by atoms with Gasteiger partial charge >= 0.3 is 6.18 Å². The zero-order valence-electron chi connectivity index (χ0n) is 21.3. The molecule has 0 spiro atoms. The van der Waals surface area contributed by atoms with Crippen LogP contribution in [-0.2, 0) is 15.7 Å². The number of carbonyl (C=O) groups is 2. The average molecular weight is 525 g/mol. The Morgan fingerprint density at radius 1 is 1.30 bits per heavy atom. The number of allylic oxidation sites excluding steroid dienone is 1. The second-order valence-corrected chi connectivity index (χ2v) is 9.60. The number of rotatable bonds is 9. The molecule has 204 valence electrons. The van der Waals surface area contributed by atoms with E-state index in [0.29, 0.717) is 32.0 Å². The molecule has 3 N–H and O–H groups in total. The van der Waals surface area contributed by atoms with E-state index in [4.69, 9.17) is 4.74 Å². The second-order valence-electron chi connectivity index (χ2n) is 9.60. The fourth-order valence-corrected chi connectivity index (χ4v) is 4.72. The molecule has 1 unspecified atom stereocenters. The van der Waals surface area contributed by atoms with Crippen LogP contribution in [0.2, 0.25) is 0 Å². The lowest BCUT2D eigenvalue weighted by Gasteiger charge is -2.48. The van der Waals surface area contributed by atoms with Crippen molar-refractivity contribution in [2.75, 3.05) is 26.7 Å². The first-order valence-electron chi connectivity index (χ1n) is 12.4. The lowest BCUT2D eigenvalue weighted by molar-refractivity contribution is -0.137. The van der Waals surface area contributed by atoms with E-state index in [-0.39, 0.29) is 24.4 Å². The standard InChI is InChI=1S/C26H35F3N4O4/c1-4-19(13-30-17(2)37-3)25(36)10-8-22(9-11-25)33-15-21(16-33)32-23(34)14-31-24(35)18-6-5-7-20(12-18)26(27,28)29/h4-7,12-13,17,21-22,36H,8-11,14-16H2,1-3H3,(H,31,35)(H,32,34)/b19-4+,30-13-/t17?,22-,25-. The van der Waals surface area contributed by atoms with Gasteiger partial charge in [0.05, 0.1) is 23.8 Å². The van der Waals surface area contributed by atoms with Crippen LogP contribution < -0.4 is 10.6 Å². The lowest BCUT2D eigenvalue weighted by Crippen LogP contribution is -2.63. The largest absolute Gasteiger partial charge is 0.416 e. The maximum absolute atomic E-state index is 12.8. The summed E-state index contributed by atoms with van der Waals surface area (Å²) in [5.74, 6) is -1.14. The number of nitrogens with one attached hydrogen (secondary N) is 2. The van der Waals surface area contributed by atoms with E-state index in [9.17, 15) is 27.9 Å². The molecule has 1 atom stereocenters. The summed E-state index contributed by atoms with van der Waals surface area (Å²) in [6.07, 6.45) is 1.59. The van der Waals surface area contributed by atoms with Crippen molar-refractivity contribution >= 4 is 18.0 Å². The quantitative estimate of drug-likeness (QED) is 0.431. The van der Waals surface area contributed by atoms with Gasteiger partial charge in [-0.3, -0.25) is 19.5 Å². The minimum atomic E-state index is -4.55. The molecule has 1 saturated carbocycles. The summed E-state index contributed by atoms with van der Waals surface area (Å²) >= 11 is 0. The third-order valence-electron chi connectivity index (χ3n) is 7.05. The van der Waals surface area contributed by atoms with E-state index in [1.54, 1.807) is 13.3 Å². The smallest absolute Gasteiger partial charge is 0.385 e. The Hall–Kier alpha value is -2.76. The van der Waals surface area contributed by atoms with Crippen molar-refractivity contribution in [1.82, 2.24) is 15.5 Å². The summed E-state index contributed by atoms with van der Waals surface area (Å²) in [6, 6.07) is 4.31. The van der Waals surface area contributed by atoms with E-state index >= 15 is 0 Å². The van der Waals surface area contributed by atoms with Gasteiger partial charge in [-0.2, -0.15) is 13.2 Å². The van der Waals surface area contributed by atoms with Crippen LogP contribution in [0, 0.1) is 0 Å². The molecular formula is C26H35F3N4O4. The van der Waals surface area contributed by atoms with Crippen molar-refractivity contribution in [3.8, 4) is 0 Å². The van der Waals surface area contributed by atoms with Gasteiger partial charge in [0.1, 0.15) is 6.23 Å². The maximum Gasteiger partial charge on any atom is 0.416 e. The van der Waals surface area contributed by atoms with Crippen LogP contribution in [0.4, 0.5) is 13.2 Å². The molecule has 2 aliphatic rings. The van der Waals surface area contributed by atoms with E-state index in [1.807, 2.05) is 19.9 Å². The molecule has 2 amide bonds. The Bertz CT molecular complexity index is 1010. The van der Waals surface area contributed by atoms with Crippen LogP contribution in [0.25, 0.3) is 0 Å². The fraction of sp³-hybridized carbons (Fsp3) is 0.577. The van der Waals surface area contributed by atoms with Crippen LogP contribution in [0.15, 0.2) is 40.9 Å². The van der Waals surface area contributed by atoms with Gasteiger partial charge in [-0.25, -0.2) is 0 Å². The van der Waals surface area contributed by atoms with E-state index in [2.05, 4.69) is 20.5 Å². The molecule has 3 rings (SSSR count). The van der Waals surface area contributed by atoms with Gasteiger partial charge in [-0.05, 0) is 63.3 Å². The topological polar surface area (TPSA) is 103 Å². The number of aliphatic hydroxyl groups is 1. The third-order valence-corrected chi connectivity index (χ3v) is 7.05. The van der Waals surface area contributed by atoms with Gasteiger partial charge in [0.2, 0.25) is 5.91 Å². The Labute approximate surface area is 215 Å².